The fraction of sp³-hybridized carbons (Fsp3) is 0.320. The van der Waals surface area contributed by atoms with Crippen molar-refractivity contribution in [2.75, 3.05) is 23.8 Å². The number of imide groups is 1. The molecule has 1 saturated heterocycles. The summed E-state index contributed by atoms with van der Waals surface area (Å²) < 4.78 is 0. The highest BCUT2D eigenvalue weighted by atomic mass is 35.5. The van der Waals surface area contributed by atoms with E-state index in [1.165, 1.54) is 0 Å². The van der Waals surface area contributed by atoms with Gasteiger partial charge in [0.15, 0.2) is 0 Å². The van der Waals surface area contributed by atoms with Crippen LogP contribution in [0.3, 0.4) is 0 Å². The fourth-order valence-electron chi connectivity index (χ4n) is 4.40. The van der Waals surface area contributed by atoms with Crippen LogP contribution in [0.15, 0.2) is 41.3 Å². The highest BCUT2D eigenvalue weighted by Crippen LogP contribution is 2.45. The average molecular weight is 518 g/mol. The third-order valence-corrected chi connectivity index (χ3v) is 7.79. The van der Waals surface area contributed by atoms with Crippen molar-refractivity contribution < 1.29 is 14.4 Å². The quantitative estimate of drug-likeness (QED) is 0.475. The standard InChI is InChI=1S/C25H25Cl2N3O3S/c1-14-12-25(2,3)29(4)20-11-19(27)15(8-18(14)20)9-21-23(32)30(24(33)34-21)13-22(31)28-17-7-5-6-16(26)10-17/h5-11,14H,12-13H2,1-4H3,(H,28,31)/b21-9+. The SMILES string of the molecule is CC1CC(C)(C)N(C)c2cc(Cl)c(/C=C3/SC(=O)N(CC(=O)Nc4cccc(Cl)c4)C3=O)cc21. The Balaban J connectivity index is 1.54. The first-order valence-corrected chi connectivity index (χ1v) is 12.4. The minimum atomic E-state index is -0.517. The molecule has 2 aliphatic rings. The molecule has 1 unspecified atom stereocenters. The van der Waals surface area contributed by atoms with E-state index >= 15 is 0 Å². The van der Waals surface area contributed by atoms with Crippen molar-refractivity contribution in [3.8, 4) is 0 Å². The molecule has 4 rings (SSSR count). The third kappa shape index (κ3) is 4.83. The van der Waals surface area contributed by atoms with E-state index in [0.717, 1.165) is 34.3 Å². The molecular formula is C25H25Cl2N3O3S. The smallest absolute Gasteiger partial charge is 0.294 e. The van der Waals surface area contributed by atoms with E-state index in [9.17, 15) is 14.4 Å². The van der Waals surface area contributed by atoms with Gasteiger partial charge in [0.05, 0.1) is 4.91 Å². The van der Waals surface area contributed by atoms with Gasteiger partial charge in [-0.05, 0) is 85.5 Å². The van der Waals surface area contributed by atoms with Gasteiger partial charge in [0.1, 0.15) is 6.54 Å². The molecule has 1 atom stereocenters. The fourth-order valence-corrected chi connectivity index (χ4v) is 5.63. The summed E-state index contributed by atoms with van der Waals surface area (Å²) in [7, 11) is 2.06. The number of nitrogens with zero attached hydrogens (tertiary/aromatic N) is 2. The zero-order chi connectivity index (χ0) is 24.8. The van der Waals surface area contributed by atoms with Crippen molar-refractivity contribution >= 4 is 69.5 Å². The number of nitrogens with one attached hydrogen (secondary N) is 1. The number of amides is 3. The van der Waals surface area contributed by atoms with Crippen molar-refractivity contribution in [1.29, 1.82) is 0 Å². The summed E-state index contributed by atoms with van der Waals surface area (Å²) in [4.78, 5) is 41.2. The lowest BCUT2D eigenvalue weighted by atomic mass is 9.80. The molecule has 0 radical (unpaired) electrons. The lowest BCUT2D eigenvalue weighted by Gasteiger charge is -2.45. The largest absolute Gasteiger partial charge is 0.369 e. The highest BCUT2D eigenvalue weighted by Gasteiger charge is 2.37. The molecule has 3 amide bonds. The van der Waals surface area contributed by atoms with Crippen LogP contribution >= 0.6 is 35.0 Å². The molecule has 6 nitrogen and oxygen atoms in total. The lowest BCUT2D eigenvalue weighted by molar-refractivity contribution is -0.127. The van der Waals surface area contributed by atoms with Crippen molar-refractivity contribution in [2.24, 2.45) is 0 Å². The summed E-state index contributed by atoms with van der Waals surface area (Å²) in [6.07, 6.45) is 2.62. The first kappa shape index (κ1) is 24.6. The Morgan fingerprint density at radius 1 is 1.24 bits per heavy atom. The molecule has 2 aliphatic heterocycles. The molecule has 178 valence electrons. The zero-order valence-corrected chi connectivity index (χ0v) is 21.6. The van der Waals surface area contributed by atoms with E-state index in [1.54, 1.807) is 30.3 Å². The maximum Gasteiger partial charge on any atom is 0.294 e. The van der Waals surface area contributed by atoms with Crippen LogP contribution in [0.25, 0.3) is 6.08 Å². The molecule has 0 spiro atoms. The Bertz CT molecular complexity index is 1230. The highest BCUT2D eigenvalue weighted by molar-refractivity contribution is 8.18. The molecule has 0 aliphatic carbocycles. The Morgan fingerprint density at radius 3 is 2.68 bits per heavy atom. The number of thioether (sulfide) groups is 1. The van der Waals surface area contributed by atoms with Crippen molar-refractivity contribution in [2.45, 2.75) is 38.6 Å². The average Bonchev–Trinajstić information content (AvgIpc) is 3.00. The molecule has 0 bridgehead atoms. The summed E-state index contributed by atoms with van der Waals surface area (Å²) >= 11 is 13.3. The normalized spacial score (nSPS) is 20.6. The minimum Gasteiger partial charge on any atom is -0.369 e. The molecule has 0 saturated carbocycles. The van der Waals surface area contributed by atoms with E-state index in [2.05, 4.69) is 38.0 Å². The van der Waals surface area contributed by atoms with Crippen molar-refractivity contribution in [1.82, 2.24) is 4.90 Å². The zero-order valence-electron chi connectivity index (χ0n) is 19.3. The lowest BCUT2D eigenvalue weighted by Crippen LogP contribution is -2.45. The summed E-state index contributed by atoms with van der Waals surface area (Å²) in [5.74, 6) is -0.690. The molecule has 34 heavy (non-hydrogen) atoms. The molecule has 2 aromatic carbocycles. The van der Waals surface area contributed by atoms with Gasteiger partial charge in [-0.15, -0.1) is 0 Å². The van der Waals surface area contributed by atoms with Gasteiger partial charge in [-0.3, -0.25) is 19.3 Å². The second-order valence-electron chi connectivity index (χ2n) is 9.24. The molecule has 1 N–H and O–H groups in total. The van der Waals surface area contributed by atoms with Gasteiger partial charge in [0.25, 0.3) is 11.1 Å². The number of rotatable bonds is 4. The van der Waals surface area contributed by atoms with E-state index < -0.39 is 17.1 Å². The predicted molar refractivity (Wildman–Crippen MR) is 140 cm³/mol. The molecule has 2 heterocycles. The van der Waals surface area contributed by atoms with Crippen LogP contribution in [-0.2, 0) is 9.59 Å². The van der Waals surface area contributed by atoms with Crippen LogP contribution in [0.1, 0.15) is 44.2 Å². The van der Waals surface area contributed by atoms with Gasteiger partial charge < -0.3 is 10.2 Å². The maximum atomic E-state index is 12.9. The predicted octanol–water partition coefficient (Wildman–Crippen LogP) is 6.39. The number of hydrogen-bond donors (Lipinski definition) is 1. The monoisotopic (exact) mass is 517 g/mol. The van der Waals surface area contributed by atoms with Crippen LogP contribution in [0.4, 0.5) is 16.2 Å². The summed E-state index contributed by atoms with van der Waals surface area (Å²) in [6.45, 7) is 6.20. The van der Waals surface area contributed by atoms with Crippen LogP contribution < -0.4 is 10.2 Å². The number of carbonyl (C=O) groups excluding carboxylic acids is 3. The van der Waals surface area contributed by atoms with Gasteiger partial charge in [-0.2, -0.15) is 0 Å². The van der Waals surface area contributed by atoms with Gasteiger partial charge in [-0.25, -0.2) is 0 Å². The van der Waals surface area contributed by atoms with Gasteiger partial charge in [-0.1, -0.05) is 36.2 Å². The van der Waals surface area contributed by atoms with Gasteiger partial charge in [0.2, 0.25) is 5.91 Å². The molecule has 9 heteroatoms. The Labute approximate surface area is 213 Å². The van der Waals surface area contributed by atoms with Crippen LogP contribution in [0, 0.1) is 0 Å². The van der Waals surface area contributed by atoms with Crippen molar-refractivity contribution in [3.63, 3.8) is 0 Å². The van der Waals surface area contributed by atoms with E-state index in [4.69, 9.17) is 23.2 Å². The van der Waals surface area contributed by atoms with E-state index in [1.807, 2.05) is 12.1 Å². The first-order valence-electron chi connectivity index (χ1n) is 10.8. The summed E-state index contributed by atoms with van der Waals surface area (Å²) in [6, 6.07) is 10.6. The second-order valence-corrected chi connectivity index (χ2v) is 11.1. The topological polar surface area (TPSA) is 69.7 Å². The number of carbonyl (C=O) groups is 3. The number of fused-ring (bicyclic) bond motifs is 1. The number of anilines is 2. The second kappa shape index (κ2) is 9.29. The van der Waals surface area contributed by atoms with Gasteiger partial charge in [0, 0.05) is 34.0 Å². The number of benzene rings is 2. The Kier molecular flexibility index (Phi) is 6.73. The van der Waals surface area contributed by atoms with Gasteiger partial charge >= 0.3 is 0 Å². The Morgan fingerprint density at radius 2 is 1.97 bits per heavy atom. The number of halogens is 2. The van der Waals surface area contributed by atoms with E-state index in [0.29, 0.717) is 27.2 Å². The van der Waals surface area contributed by atoms with E-state index in [-0.39, 0.29) is 17.0 Å². The van der Waals surface area contributed by atoms with Crippen LogP contribution in [0.2, 0.25) is 10.0 Å². The third-order valence-electron chi connectivity index (χ3n) is 6.32. The summed E-state index contributed by atoms with van der Waals surface area (Å²) in [5.41, 5.74) is 3.39. The minimum absolute atomic E-state index is 0.00553. The van der Waals surface area contributed by atoms with Crippen molar-refractivity contribution in [3.05, 3.63) is 62.5 Å². The molecule has 1 fully saturated rings. The molecule has 2 aromatic rings. The first-order chi connectivity index (χ1) is 16.0. The number of hydrogen-bond acceptors (Lipinski definition) is 5. The van der Waals surface area contributed by atoms with Crippen LogP contribution in [0.5, 0.6) is 0 Å². The Hall–Kier alpha value is -2.48. The summed E-state index contributed by atoms with van der Waals surface area (Å²) in [5, 5.41) is 3.12. The van der Waals surface area contributed by atoms with Crippen LogP contribution in [-0.4, -0.2) is 41.1 Å². The maximum absolute atomic E-state index is 12.9. The molecule has 0 aromatic heterocycles. The molecular weight excluding hydrogens is 493 g/mol.